The molecule has 0 aromatic heterocycles. The van der Waals surface area contributed by atoms with Crippen LogP contribution in [0.4, 0.5) is 15.8 Å². The zero-order valence-electron chi connectivity index (χ0n) is 19.7. The minimum atomic E-state index is -0.251. The van der Waals surface area contributed by atoms with Crippen molar-refractivity contribution in [2.45, 2.75) is 19.4 Å². The molecule has 2 aromatic rings. The molecular weight excluding hydrogens is 435 g/mol. The highest BCUT2D eigenvalue weighted by molar-refractivity contribution is 5.83. The number of methoxy groups -OCH3 is 1. The van der Waals surface area contributed by atoms with E-state index in [-0.39, 0.29) is 29.6 Å². The van der Waals surface area contributed by atoms with E-state index in [1.54, 1.807) is 18.9 Å². The van der Waals surface area contributed by atoms with Crippen molar-refractivity contribution >= 4 is 23.2 Å². The summed E-state index contributed by atoms with van der Waals surface area (Å²) < 4.78 is 19.0. The molecule has 0 aliphatic carbocycles. The molecule has 0 radical (unpaired) electrons. The van der Waals surface area contributed by atoms with Gasteiger partial charge in [-0.15, -0.1) is 0 Å². The maximum Gasteiger partial charge on any atom is 0.228 e. The van der Waals surface area contributed by atoms with Crippen LogP contribution in [0.3, 0.4) is 0 Å². The molecular formula is C26H31FN4O3. The van der Waals surface area contributed by atoms with Gasteiger partial charge in [-0.1, -0.05) is 6.07 Å². The lowest BCUT2D eigenvalue weighted by molar-refractivity contribution is -0.142. The van der Waals surface area contributed by atoms with Crippen LogP contribution >= 0.6 is 0 Å². The fourth-order valence-corrected chi connectivity index (χ4v) is 5.55. The van der Waals surface area contributed by atoms with Crippen molar-refractivity contribution < 1.29 is 18.7 Å². The van der Waals surface area contributed by atoms with Gasteiger partial charge < -0.3 is 24.3 Å². The first-order valence-electron chi connectivity index (χ1n) is 11.9. The highest BCUT2D eigenvalue weighted by atomic mass is 19.1. The molecule has 0 unspecified atom stereocenters. The average Bonchev–Trinajstić information content (AvgIpc) is 2.87. The quantitative estimate of drug-likeness (QED) is 0.696. The molecule has 180 valence electrons. The lowest BCUT2D eigenvalue weighted by Crippen LogP contribution is -2.62. The van der Waals surface area contributed by atoms with Crippen molar-refractivity contribution in [2.24, 2.45) is 5.92 Å². The normalized spacial score (nSPS) is 22.2. The van der Waals surface area contributed by atoms with E-state index in [1.165, 1.54) is 12.1 Å². The number of anilines is 2. The summed E-state index contributed by atoms with van der Waals surface area (Å²) in [6.45, 7) is 6.12. The molecule has 2 atom stereocenters. The van der Waals surface area contributed by atoms with Crippen LogP contribution in [0, 0.1) is 11.7 Å². The van der Waals surface area contributed by atoms with Crippen LogP contribution in [-0.4, -0.2) is 80.6 Å². The van der Waals surface area contributed by atoms with Crippen LogP contribution in [0.25, 0.3) is 0 Å². The number of fused-ring (bicyclic) bond motifs is 3. The molecule has 2 aromatic carbocycles. The van der Waals surface area contributed by atoms with Crippen molar-refractivity contribution in [3.05, 3.63) is 53.8 Å². The fourth-order valence-electron chi connectivity index (χ4n) is 5.55. The summed E-state index contributed by atoms with van der Waals surface area (Å²) in [7, 11) is 1.67. The summed E-state index contributed by atoms with van der Waals surface area (Å²) in [6.07, 6.45) is 0.670. The summed E-state index contributed by atoms with van der Waals surface area (Å²) in [4.78, 5) is 33.9. The monoisotopic (exact) mass is 466 g/mol. The topological polar surface area (TPSA) is 56.3 Å². The molecule has 34 heavy (non-hydrogen) atoms. The number of halogens is 1. The van der Waals surface area contributed by atoms with E-state index >= 15 is 0 Å². The van der Waals surface area contributed by atoms with Crippen molar-refractivity contribution in [1.82, 2.24) is 9.80 Å². The van der Waals surface area contributed by atoms with Gasteiger partial charge in [-0.25, -0.2) is 4.39 Å². The fraction of sp³-hybridized carbons (Fsp3) is 0.462. The molecule has 7 nitrogen and oxygen atoms in total. The Kier molecular flexibility index (Phi) is 6.06. The first-order chi connectivity index (χ1) is 16.4. The van der Waals surface area contributed by atoms with Crippen LogP contribution in [0.15, 0.2) is 42.5 Å². The van der Waals surface area contributed by atoms with E-state index in [0.717, 1.165) is 35.8 Å². The molecule has 0 N–H and O–H groups in total. The molecule has 0 bridgehead atoms. The van der Waals surface area contributed by atoms with Crippen LogP contribution in [0.2, 0.25) is 0 Å². The van der Waals surface area contributed by atoms with Crippen LogP contribution < -0.4 is 14.5 Å². The molecule has 0 spiro atoms. The Morgan fingerprint density at radius 1 is 0.941 bits per heavy atom. The zero-order chi connectivity index (χ0) is 23.8. The number of rotatable bonds is 3. The molecule has 2 amide bonds. The van der Waals surface area contributed by atoms with E-state index in [2.05, 4.69) is 21.9 Å². The molecule has 2 fully saturated rings. The zero-order valence-corrected chi connectivity index (χ0v) is 19.7. The number of nitrogens with zero attached hydrogens (tertiary/aromatic N) is 4. The van der Waals surface area contributed by atoms with E-state index in [1.807, 2.05) is 23.1 Å². The van der Waals surface area contributed by atoms with E-state index in [4.69, 9.17) is 4.74 Å². The molecule has 8 heteroatoms. The number of hydrogen-bond acceptors (Lipinski definition) is 5. The molecule has 3 heterocycles. The van der Waals surface area contributed by atoms with E-state index in [0.29, 0.717) is 39.1 Å². The number of ether oxygens (including phenoxy) is 1. The highest BCUT2D eigenvalue weighted by Gasteiger charge is 2.43. The number of carbonyl (C=O) groups is 2. The highest BCUT2D eigenvalue weighted by Crippen LogP contribution is 2.39. The number of carbonyl (C=O) groups excluding carboxylic acids is 2. The largest absolute Gasteiger partial charge is 0.497 e. The Bertz CT molecular complexity index is 1070. The van der Waals surface area contributed by atoms with Crippen molar-refractivity contribution in [3.8, 4) is 5.75 Å². The smallest absolute Gasteiger partial charge is 0.228 e. The van der Waals surface area contributed by atoms with Crippen LogP contribution in [0.5, 0.6) is 5.75 Å². The Balaban J connectivity index is 1.43. The Labute approximate surface area is 199 Å². The summed E-state index contributed by atoms with van der Waals surface area (Å²) in [6, 6.07) is 12.7. The summed E-state index contributed by atoms with van der Waals surface area (Å²) >= 11 is 0. The first-order valence-corrected chi connectivity index (χ1v) is 11.9. The van der Waals surface area contributed by atoms with Crippen molar-refractivity contribution in [3.63, 3.8) is 0 Å². The Hall–Kier alpha value is -3.29. The van der Waals surface area contributed by atoms with Crippen molar-refractivity contribution in [2.75, 3.05) is 62.7 Å². The van der Waals surface area contributed by atoms with Gasteiger partial charge in [-0.05, 0) is 42.3 Å². The number of benzene rings is 2. The predicted molar refractivity (Wildman–Crippen MR) is 129 cm³/mol. The number of piperazine rings is 2. The van der Waals surface area contributed by atoms with Gasteiger partial charge in [0.15, 0.2) is 0 Å². The maximum absolute atomic E-state index is 13.8. The van der Waals surface area contributed by atoms with Crippen molar-refractivity contribution in [1.29, 1.82) is 0 Å². The molecule has 2 saturated heterocycles. The maximum atomic E-state index is 13.8. The first kappa shape index (κ1) is 22.5. The molecule has 3 aliphatic heterocycles. The second-order valence-corrected chi connectivity index (χ2v) is 9.32. The summed E-state index contributed by atoms with van der Waals surface area (Å²) in [5.74, 6) is 0.581. The average molecular weight is 467 g/mol. The Morgan fingerprint density at radius 3 is 2.32 bits per heavy atom. The second-order valence-electron chi connectivity index (χ2n) is 9.32. The summed E-state index contributed by atoms with van der Waals surface area (Å²) in [5, 5.41) is 0. The van der Waals surface area contributed by atoms with Gasteiger partial charge in [-0.3, -0.25) is 9.59 Å². The van der Waals surface area contributed by atoms with Crippen LogP contribution in [-0.2, 0) is 16.0 Å². The minimum Gasteiger partial charge on any atom is -0.497 e. The minimum absolute atomic E-state index is 0.00301. The number of amides is 2. The van der Waals surface area contributed by atoms with E-state index < -0.39 is 0 Å². The molecule has 0 saturated carbocycles. The molecule has 5 rings (SSSR count). The van der Waals surface area contributed by atoms with Gasteiger partial charge in [0.25, 0.3) is 0 Å². The standard InChI is InChI=1S/C26H31FN4O3/c1-18(32)28-9-11-29(12-10-28)26(33)23-15-19-3-8-22(34-2)16-24(19)31-14-13-30(17-25(23)31)21-6-4-20(27)5-7-21/h3-8,16,23,25H,9-15,17H2,1-2H3/t23-,25-/m1/s1. The third-order valence-corrected chi connectivity index (χ3v) is 7.47. The third kappa shape index (κ3) is 4.17. The lowest BCUT2D eigenvalue weighted by atomic mass is 9.82. The lowest BCUT2D eigenvalue weighted by Gasteiger charge is -2.50. The van der Waals surface area contributed by atoms with Gasteiger partial charge in [0, 0.05) is 70.2 Å². The predicted octanol–water partition coefficient (Wildman–Crippen LogP) is 2.39. The molecule has 3 aliphatic rings. The SMILES string of the molecule is COc1ccc2c(c1)N1CCN(c3ccc(F)cc3)C[C@@H]1[C@H](C(=O)N1CCN(C(C)=O)CC1)C2. The summed E-state index contributed by atoms with van der Waals surface area (Å²) in [5.41, 5.74) is 3.26. The number of hydrogen-bond donors (Lipinski definition) is 0. The van der Waals surface area contributed by atoms with Gasteiger partial charge >= 0.3 is 0 Å². The van der Waals surface area contributed by atoms with Gasteiger partial charge in [-0.2, -0.15) is 0 Å². The van der Waals surface area contributed by atoms with Gasteiger partial charge in [0.2, 0.25) is 11.8 Å². The van der Waals surface area contributed by atoms with Crippen LogP contribution in [0.1, 0.15) is 12.5 Å². The van der Waals surface area contributed by atoms with Gasteiger partial charge in [0.05, 0.1) is 19.1 Å². The Morgan fingerprint density at radius 2 is 1.65 bits per heavy atom. The van der Waals surface area contributed by atoms with E-state index in [9.17, 15) is 14.0 Å². The van der Waals surface area contributed by atoms with Gasteiger partial charge in [0.1, 0.15) is 11.6 Å². The second kappa shape index (κ2) is 9.16. The third-order valence-electron chi connectivity index (χ3n) is 7.47.